The van der Waals surface area contributed by atoms with Crippen LogP contribution in [0.3, 0.4) is 0 Å². The molecule has 17 heavy (non-hydrogen) atoms. The maximum absolute atomic E-state index is 5.38. The van der Waals surface area contributed by atoms with Gasteiger partial charge < -0.3 is 9.14 Å². The van der Waals surface area contributed by atoms with Crippen molar-refractivity contribution in [3.05, 3.63) is 28.4 Å². The van der Waals surface area contributed by atoms with Gasteiger partial charge in [-0.1, -0.05) is 0 Å². The minimum Gasteiger partial charge on any atom is -0.381 e. The van der Waals surface area contributed by atoms with Gasteiger partial charge in [0.1, 0.15) is 4.60 Å². The molecule has 0 aliphatic carbocycles. The van der Waals surface area contributed by atoms with E-state index < -0.39 is 0 Å². The molecule has 90 valence electrons. The smallest absolute Gasteiger partial charge is 0.158 e. The predicted octanol–water partition coefficient (Wildman–Crippen LogP) is 2.69. The Kier molecular flexibility index (Phi) is 2.88. The number of fused-ring (bicyclic) bond motifs is 1. The maximum Gasteiger partial charge on any atom is 0.158 e. The van der Waals surface area contributed by atoms with Crippen molar-refractivity contribution in [2.75, 3.05) is 13.2 Å². The number of ether oxygens (including phenoxy) is 1. The third-order valence-electron chi connectivity index (χ3n) is 3.23. The van der Waals surface area contributed by atoms with Crippen LogP contribution in [0.15, 0.2) is 17.0 Å². The number of imidazole rings is 1. The van der Waals surface area contributed by atoms with Gasteiger partial charge in [-0.05, 0) is 35.7 Å². The van der Waals surface area contributed by atoms with Gasteiger partial charge in [-0.2, -0.15) is 0 Å². The summed E-state index contributed by atoms with van der Waals surface area (Å²) in [7, 11) is 0. The molecule has 1 aliphatic rings. The number of hydrogen-bond acceptors (Lipinski definition) is 3. The minimum atomic E-state index is 0.529. The summed E-state index contributed by atoms with van der Waals surface area (Å²) < 4.78 is 8.28. The average Bonchev–Trinajstić information content (AvgIpc) is 2.74. The third-order valence-corrected chi connectivity index (χ3v) is 3.62. The van der Waals surface area contributed by atoms with Gasteiger partial charge in [-0.25, -0.2) is 9.97 Å². The van der Waals surface area contributed by atoms with Crippen LogP contribution in [-0.2, 0) is 4.74 Å². The van der Waals surface area contributed by atoms with Crippen molar-refractivity contribution in [1.29, 1.82) is 0 Å². The van der Waals surface area contributed by atoms with E-state index in [1.807, 2.05) is 13.1 Å². The molecule has 0 atom stereocenters. The summed E-state index contributed by atoms with van der Waals surface area (Å²) in [6, 6.07) is 0. The summed E-state index contributed by atoms with van der Waals surface area (Å²) in [6.07, 6.45) is 6.21. The van der Waals surface area contributed by atoms with Crippen LogP contribution >= 0.6 is 15.9 Å². The fourth-order valence-corrected chi connectivity index (χ4v) is 2.81. The molecule has 0 N–H and O–H groups in total. The Morgan fingerprint density at radius 1 is 1.29 bits per heavy atom. The van der Waals surface area contributed by atoms with Gasteiger partial charge in [0.2, 0.25) is 0 Å². The van der Waals surface area contributed by atoms with Crippen LogP contribution in [0.4, 0.5) is 0 Å². The Morgan fingerprint density at radius 2 is 2.06 bits per heavy atom. The highest BCUT2D eigenvalue weighted by atomic mass is 79.9. The molecule has 2 aromatic rings. The van der Waals surface area contributed by atoms with Crippen molar-refractivity contribution < 1.29 is 4.74 Å². The van der Waals surface area contributed by atoms with Crippen LogP contribution in [0.1, 0.15) is 30.1 Å². The number of aryl methyl sites for hydroxylation is 1. The highest BCUT2D eigenvalue weighted by Gasteiger charge is 2.19. The molecule has 4 nitrogen and oxygen atoms in total. The molecule has 3 rings (SSSR count). The Hall–Kier alpha value is -0.940. The standard InChI is InChI=1S/C12H14BrN3O/c1-8-12-15-10(9-2-4-17-5-3-9)6-16(12)7-11(13)14-8/h6-7,9H,2-5H2,1H3. The number of nitrogens with zero attached hydrogens (tertiary/aromatic N) is 3. The zero-order valence-electron chi connectivity index (χ0n) is 9.69. The number of aromatic nitrogens is 3. The molecule has 0 spiro atoms. The van der Waals surface area contributed by atoms with Crippen molar-refractivity contribution >= 4 is 21.6 Å². The van der Waals surface area contributed by atoms with E-state index >= 15 is 0 Å². The molecular weight excluding hydrogens is 282 g/mol. The third kappa shape index (κ3) is 2.09. The van der Waals surface area contributed by atoms with Gasteiger partial charge in [-0.15, -0.1) is 0 Å². The highest BCUT2D eigenvalue weighted by molar-refractivity contribution is 9.10. The Bertz CT molecular complexity index is 546. The molecule has 0 radical (unpaired) electrons. The molecule has 3 heterocycles. The SMILES string of the molecule is Cc1nc(Br)cn2cc(C3CCOCC3)nc12. The van der Waals surface area contributed by atoms with Crippen LogP contribution in [0.25, 0.3) is 5.65 Å². The van der Waals surface area contributed by atoms with Crippen molar-refractivity contribution in [2.45, 2.75) is 25.7 Å². The van der Waals surface area contributed by atoms with E-state index in [2.05, 4.69) is 31.5 Å². The Morgan fingerprint density at radius 3 is 2.82 bits per heavy atom. The first kappa shape index (κ1) is 11.2. The van der Waals surface area contributed by atoms with Crippen LogP contribution in [0.5, 0.6) is 0 Å². The number of rotatable bonds is 1. The molecule has 0 saturated carbocycles. The first-order chi connectivity index (χ1) is 8.24. The summed E-state index contributed by atoms with van der Waals surface area (Å²) in [5.74, 6) is 0.529. The van der Waals surface area contributed by atoms with Gasteiger partial charge in [0.15, 0.2) is 5.65 Å². The lowest BCUT2D eigenvalue weighted by Crippen LogP contribution is -2.14. The molecule has 0 amide bonds. The number of halogens is 1. The van der Waals surface area contributed by atoms with Crippen LogP contribution in [-0.4, -0.2) is 27.6 Å². The highest BCUT2D eigenvalue weighted by Crippen LogP contribution is 2.27. The van der Waals surface area contributed by atoms with E-state index in [0.29, 0.717) is 5.92 Å². The summed E-state index contributed by atoms with van der Waals surface area (Å²) >= 11 is 3.41. The molecule has 1 aliphatic heterocycles. The van der Waals surface area contributed by atoms with Crippen LogP contribution < -0.4 is 0 Å². The average molecular weight is 296 g/mol. The van der Waals surface area contributed by atoms with Gasteiger partial charge in [0, 0.05) is 31.5 Å². The van der Waals surface area contributed by atoms with Gasteiger partial charge in [0.25, 0.3) is 0 Å². The first-order valence-corrected chi connectivity index (χ1v) is 6.63. The molecule has 0 bridgehead atoms. The molecule has 1 fully saturated rings. The zero-order valence-corrected chi connectivity index (χ0v) is 11.3. The summed E-state index contributed by atoms with van der Waals surface area (Å²) in [6.45, 7) is 3.68. The maximum atomic E-state index is 5.38. The fraction of sp³-hybridized carbons (Fsp3) is 0.500. The second-order valence-corrected chi connectivity index (χ2v) is 5.24. The number of hydrogen-bond donors (Lipinski definition) is 0. The predicted molar refractivity (Wildman–Crippen MR) is 68.2 cm³/mol. The molecule has 5 heteroatoms. The zero-order chi connectivity index (χ0) is 11.8. The van der Waals surface area contributed by atoms with Gasteiger partial charge in [0.05, 0.1) is 11.4 Å². The van der Waals surface area contributed by atoms with E-state index in [1.54, 1.807) is 0 Å². The van der Waals surface area contributed by atoms with Crippen molar-refractivity contribution in [1.82, 2.24) is 14.4 Å². The molecule has 0 aromatic carbocycles. The molecular formula is C12H14BrN3O. The van der Waals surface area contributed by atoms with E-state index in [0.717, 1.165) is 47.7 Å². The summed E-state index contributed by atoms with van der Waals surface area (Å²) in [5.41, 5.74) is 3.07. The lowest BCUT2D eigenvalue weighted by Gasteiger charge is -2.19. The van der Waals surface area contributed by atoms with E-state index in [9.17, 15) is 0 Å². The minimum absolute atomic E-state index is 0.529. The van der Waals surface area contributed by atoms with Crippen molar-refractivity contribution in [2.24, 2.45) is 0 Å². The topological polar surface area (TPSA) is 39.4 Å². The fourth-order valence-electron chi connectivity index (χ4n) is 2.32. The van der Waals surface area contributed by atoms with E-state index in [-0.39, 0.29) is 0 Å². The Labute approximate surface area is 108 Å². The lowest BCUT2D eigenvalue weighted by molar-refractivity contribution is 0.0846. The van der Waals surface area contributed by atoms with Crippen LogP contribution in [0, 0.1) is 6.92 Å². The summed E-state index contributed by atoms with van der Waals surface area (Å²) in [4.78, 5) is 9.07. The monoisotopic (exact) mass is 295 g/mol. The molecule has 1 saturated heterocycles. The van der Waals surface area contributed by atoms with Crippen molar-refractivity contribution in [3.63, 3.8) is 0 Å². The largest absolute Gasteiger partial charge is 0.381 e. The van der Waals surface area contributed by atoms with Gasteiger partial charge in [-0.3, -0.25) is 0 Å². The first-order valence-electron chi connectivity index (χ1n) is 5.83. The van der Waals surface area contributed by atoms with Gasteiger partial charge >= 0.3 is 0 Å². The second kappa shape index (κ2) is 4.38. The second-order valence-electron chi connectivity index (χ2n) is 4.43. The summed E-state index contributed by atoms with van der Waals surface area (Å²) in [5, 5.41) is 0. The van der Waals surface area contributed by atoms with E-state index in [1.165, 1.54) is 0 Å². The molecule has 0 unspecified atom stereocenters. The van der Waals surface area contributed by atoms with E-state index in [4.69, 9.17) is 9.72 Å². The quantitative estimate of drug-likeness (QED) is 0.812. The Balaban J connectivity index is 2.03. The van der Waals surface area contributed by atoms with Crippen LogP contribution in [0.2, 0.25) is 0 Å². The lowest BCUT2D eigenvalue weighted by atomic mass is 9.97. The van der Waals surface area contributed by atoms with Crippen molar-refractivity contribution in [3.8, 4) is 0 Å². The normalized spacial score (nSPS) is 17.8. The molecule has 2 aromatic heterocycles.